The van der Waals surface area contributed by atoms with E-state index in [4.69, 9.17) is 5.73 Å². The summed E-state index contributed by atoms with van der Waals surface area (Å²) in [5, 5.41) is 0. The highest BCUT2D eigenvalue weighted by Crippen LogP contribution is 2.24. The molecule has 7 heteroatoms. The Morgan fingerprint density at radius 3 is 2.53 bits per heavy atom. The zero-order valence-electron chi connectivity index (χ0n) is 8.40. The Morgan fingerprint density at radius 1 is 1.53 bits per heavy atom. The first-order chi connectivity index (χ1) is 6.83. The summed E-state index contributed by atoms with van der Waals surface area (Å²) in [7, 11) is -3.61. The van der Waals surface area contributed by atoms with Crippen LogP contribution in [0.4, 0.5) is 0 Å². The van der Waals surface area contributed by atoms with Crippen molar-refractivity contribution in [2.24, 2.45) is 5.73 Å². The predicted molar refractivity (Wildman–Crippen MR) is 58.2 cm³/mol. The van der Waals surface area contributed by atoms with Gasteiger partial charge in [-0.1, -0.05) is 0 Å². The first-order valence-electron chi connectivity index (χ1n) is 4.18. The van der Waals surface area contributed by atoms with E-state index in [1.807, 2.05) is 6.92 Å². The fourth-order valence-electron chi connectivity index (χ4n) is 1.12. The SMILES string of the molecule is Cc1cc(S(=O)(=O)NCC(N)=O)c(C)s1. The van der Waals surface area contributed by atoms with Crippen LogP contribution in [0.1, 0.15) is 9.75 Å². The lowest BCUT2D eigenvalue weighted by Gasteiger charge is -2.03. The zero-order chi connectivity index (χ0) is 11.6. The van der Waals surface area contributed by atoms with Gasteiger partial charge in [0.15, 0.2) is 0 Å². The summed E-state index contributed by atoms with van der Waals surface area (Å²) in [6.07, 6.45) is 0. The van der Waals surface area contributed by atoms with E-state index in [1.165, 1.54) is 11.3 Å². The third-order valence-corrected chi connectivity index (χ3v) is 4.34. The maximum absolute atomic E-state index is 11.7. The molecule has 1 aromatic heterocycles. The average molecular weight is 248 g/mol. The Morgan fingerprint density at radius 2 is 2.13 bits per heavy atom. The molecular weight excluding hydrogens is 236 g/mol. The standard InChI is InChI=1S/C8H12N2O3S2/c1-5-3-7(6(2)14-5)15(12,13)10-4-8(9)11/h3,10H,4H2,1-2H3,(H2,9,11). The monoisotopic (exact) mass is 248 g/mol. The van der Waals surface area contributed by atoms with E-state index < -0.39 is 15.9 Å². The summed E-state index contributed by atoms with van der Waals surface area (Å²) in [6.45, 7) is 3.16. The molecule has 15 heavy (non-hydrogen) atoms. The lowest BCUT2D eigenvalue weighted by atomic mass is 10.4. The number of hydrogen-bond donors (Lipinski definition) is 2. The maximum atomic E-state index is 11.7. The number of thiophene rings is 1. The van der Waals surface area contributed by atoms with Crippen LogP contribution < -0.4 is 10.5 Å². The van der Waals surface area contributed by atoms with Crippen LogP contribution >= 0.6 is 11.3 Å². The van der Waals surface area contributed by atoms with Gasteiger partial charge in [0.25, 0.3) is 0 Å². The van der Waals surface area contributed by atoms with Crippen LogP contribution in [-0.4, -0.2) is 20.9 Å². The second kappa shape index (κ2) is 4.30. The van der Waals surface area contributed by atoms with Crippen molar-refractivity contribution in [2.45, 2.75) is 18.7 Å². The number of aryl methyl sites for hydroxylation is 2. The third kappa shape index (κ3) is 3.01. The van der Waals surface area contributed by atoms with Gasteiger partial charge in [-0.3, -0.25) is 4.79 Å². The molecule has 84 valence electrons. The number of nitrogens with one attached hydrogen (secondary N) is 1. The lowest BCUT2D eigenvalue weighted by molar-refractivity contribution is -0.116. The Labute approximate surface area is 92.3 Å². The zero-order valence-corrected chi connectivity index (χ0v) is 10.0. The highest BCUT2D eigenvalue weighted by Gasteiger charge is 2.19. The Hall–Kier alpha value is -0.920. The van der Waals surface area contributed by atoms with E-state index in [-0.39, 0.29) is 11.4 Å². The molecular formula is C8H12N2O3S2. The minimum Gasteiger partial charge on any atom is -0.369 e. The Bertz CT molecular complexity index is 476. The number of amides is 1. The Balaban J connectivity index is 2.96. The molecule has 0 aliphatic rings. The predicted octanol–water partition coefficient (Wildman–Crippen LogP) is 0.129. The van der Waals surface area contributed by atoms with E-state index in [0.717, 1.165) is 4.88 Å². The van der Waals surface area contributed by atoms with E-state index in [9.17, 15) is 13.2 Å². The van der Waals surface area contributed by atoms with Crippen molar-refractivity contribution in [2.75, 3.05) is 6.54 Å². The van der Waals surface area contributed by atoms with Crippen LogP contribution in [0.5, 0.6) is 0 Å². The van der Waals surface area contributed by atoms with Gasteiger partial charge < -0.3 is 5.73 Å². The molecule has 3 N–H and O–H groups in total. The second-order valence-corrected chi connectivity index (χ2v) is 6.26. The summed E-state index contributed by atoms with van der Waals surface area (Å²) in [5.74, 6) is -0.705. The fourth-order valence-corrected chi connectivity index (χ4v) is 3.66. The van der Waals surface area contributed by atoms with Gasteiger partial charge in [0, 0.05) is 9.75 Å². The first-order valence-corrected chi connectivity index (χ1v) is 6.48. The summed E-state index contributed by atoms with van der Waals surface area (Å²) in [6, 6.07) is 1.57. The number of hydrogen-bond acceptors (Lipinski definition) is 4. The van der Waals surface area contributed by atoms with Gasteiger partial charge in [0.2, 0.25) is 15.9 Å². The minimum absolute atomic E-state index is 0.214. The van der Waals surface area contributed by atoms with Crippen LogP contribution in [0.3, 0.4) is 0 Å². The van der Waals surface area contributed by atoms with Gasteiger partial charge >= 0.3 is 0 Å². The molecule has 0 saturated heterocycles. The van der Waals surface area contributed by atoms with Crippen LogP contribution in [0.25, 0.3) is 0 Å². The first kappa shape index (κ1) is 12.2. The van der Waals surface area contributed by atoms with E-state index >= 15 is 0 Å². The fraction of sp³-hybridized carbons (Fsp3) is 0.375. The molecule has 1 heterocycles. The molecule has 0 radical (unpaired) electrons. The molecule has 0 unspecified atom stereocenters. The second-order valence-electron chi connectivity index (χ2n) is 3.07. The van der Waals surface area contributed by atoms with Crippen LogP contribution in [0.15, 0.2) is 11.0 Å². The van der Waals surface area contributed by atoms with Crippen molar-refractivity contribution in [3.63, 3.8) is 0 Å². The summed E-state index contributed by atoms with van der Waals surface area (Å²) >= 11 is 1.39. The van der Waals surface area contributed by atoms with Crippen LogP contribution in [0.2, 0.25) is 0 Å². The van der Waals surface area contributed by atoms with Gasteiger partial charge in [-0.2, -0.15) is 0 Å². The number of primary amides is 1. The van der Waals surface area contributed by atoms with E-state index in [0.29, 0.717) is 4.88 Å². The average Bonchev–Trinajstić information content (AvgIpc) is 2.43. The highest BCUT2D eigenvalue weighted by molar-refractivity contribution is 7.89. The normalized spacial score (nSPS) is 11.6. The molecule has 1 rings (SSSR count). The number of carbonyl (C=O) groups is 1. The van der Waals surface area contributed by atoms with Gasteiger partial charge in [0.05, 0.1) is 11.4 Å². The molecule has 1 amide bonds. The number of nitrogens with two attached hydrogens (primary N) is 1. The molecule has 0 aromatic carbocycles. The topological polar surface area (TPSA) is 89.3 Å². The molecule has 0 saturated carbocycles. The van der Waals surface area contributed by atoms with Crippen LogP contribution in [-0.2, 0) is 14.8 Å². The Kier molecular flexibility index (Phi) is 3.48. The number of sulfonamides is 1. The molecule has 0 spiro atoms. The van der Waals surface area contributed by atoms with Gasteiger partial charge in [-0.05, 0) is 19.9 Å². The number of rotatable bonds is 4. The van der Waals surface area contributed by atoms with E-state index in [2.05, 4.69) is 4.72 Å². The van der Waals surface area contributed by atoms with Crippen molar-refractivity contribution in [3.05, 3.63) is 15.8 Å². The molecule has 0 bridgehead atoms. The van der Waals surface area contributed by atoms with E-state index in [1.54, 1.807) is 13.0 Å². The minimum atomic E-state index is -3.61. The summed E-state index contributed by atoms with van der Waals surface area (Å²) in [4.78, 5) is 12.3. The lowest BCUT2D eigenvalue weighted by Crippen LogP contribution is -2.33. The molecule has 0 fully saturated rings. The smallest absolute Gasteiger partial charge is 0.242 e. The quantitative estimate of drug-likeness (QED) is 0.793. The largest absolute Gasteiger partial charge is 0.369 e. The van der Waals surface area contributed by atoms with Crippen molar-refractivity contribution in [1.82, 2.24) is 4.72 Å². The maximum Gasteiger partial charge on any atom is 0.242 e. The van der Waals surface area contributed by atoms with Crippen LogP contribution in [0, 0.1) is 13.8 Å². The van der Waals surface area contributed by atoms with Crippen molar-refractivity contribution in [1.29, 1.82) is 0 Å². The molecule has 0 atom stereocenters. The van der Waals surface area contributed by atoms with Crippen molar-refractivity contribution in [3.8, 4) is 0 Å². The summed E-state index contributed by atoms with van der Waals surface area (Å²) < 4.78 is 25.5. The van der Waals surface area contributed by atoms with Crippen molar-refractivity contribution < 1.29 is 13.2 Å². The van der Waals surface area contributed by atoms with Gasteiger partial charge in [-0.25, -0.2) is 13.1 Å². The summed E-state index contributed by atoms with van der Waals surface area (Å²) in [5.41, 5.74) is 4.86. The third-order valence-electron chi connectivity index (χ3n) is 1.72. The molecule has 5 nitrogen and oxygen atoms in total. The highest BCUT2D eigenvalue weighted by atomic mass is 32.2. The molecule has 0 aliphatic carbocycles. The molecule has 1 aromatic rings. The van der Waals surface area contributed by atoms with Crippen molar-refractivity contribution >= 4 is 27.3 Å². The number of carbonyl (C=O) groups excluding carboxylic acids is 1. The van der Waals surface area contributed by atoms with Gasteiger partial charge in [0.1, 0.15) is 0 Å². The van der Waals surface area contributed by atoms with Gasteiger partial charge in [-0.15, -0.1) is 11.3 Å². The molecule has 0 aliphatic heterocycles.